The molecule has 0 fully saturated rings. The minimum absolute atomic E-state index is 0.135. The molecule has 140 valence electrons. The Bertz CT molecular complexity index is 1180. The SMILES string of the molecule is COc1ccc(-c2cc(C)nn2-c2nc(Cl)cn(-c3ccccc3)c2=O)cc1. The van der Waals surface area contributed by atoms with Gasteiger partial charge in [-0.05, 0) is 49.4 Å². The summed E-state index contributed by atoms with van der Waals surface area (Å²) < 4.78 is 8.22. The summed E-state index contributed by atoms with van der Waals surface area (Å²) in [6.45, 7) is 1.86. The Morgan fingerprint density at radius 2 is 1.75 bits per heavy atom. The number of rotatable bonds is 4. The van der Waals surface area contributed by atoms with E-state index in [2.05, 4.69) is 10.1 Å². The van der Waals surface area contributed by atoms with Crippen molar-refractivity contribution in [3.63, 3.8) is 0 Å². The molecule has 0 unspecified atom stereocenters. The smallest absolute Gasteiger partial charge is 0.300 e. The molecule has 4 rings (SSSR count). The van der Waals surface area contributed by atoms with E-state index in [9.17, 15) is 4.79 Å². The van der Waals surface area contributed by atoms with Crippen molar-refractivity contribution in [2.24, 2.45) is 0 Å². The van der Waals surface area contributed by atoms with Gasteiger partial charge in [0, 0.05) is 11.3 Å². The Morgan fingerprint density at radius 3 is 2.43 bits per heavy atom. The van der Waals surface area contributed by atoms with E-state index >= 15 is 0 Å². The van der Waals surface area contributed by atoms with Crippen LogP contribution in [0, 0.1) is 6.92 Å². The molecule has 0 aliphatic heterocycles. The minimum Gasteiger partial charge on any atom is -0.497 e. The third-order valence-electron chi connectivity index (χ3n) is 4.31. The standard InChI is InChI=1S/C21H17ClN4O2/c1-14-12-18(15-8-10-17(28-2)11-9-15)26(24-14)20-21(27)25(13-19(22)23-20)16-6-4-3-5-7-16/h3-13H,1-2H3. The van der Waals surface area contributed by atoms with Gasteiger partial charge >= 0.3 is 0 Å². The maximum Gasteiger partial charge on any atom is 0.300 e. The second kappa shape index (κ2) is 7.32. The van der Waals surface area contributed by atoms with Gasteiger partial charge in [-0.1, -0.05) is 29.8 Å². The Hall–Kier alpha value is -3.38. The number of hydrogen-bond donors (Lipinski definition) is 0. The van der Waals surface area contributed by atoms with E-state index in [1.807, 2.05) is 67.6 Å². The van der Waals surface area contributed by atoms with E-state index in [0.29, 0.717) is 5.69 Å². The first-order valence-corrected chi connectivity index (χ1v) is 9.00. The summed E-state index contributed by atoms with van der Waals surface area (Å²) in [6.07, 6.45) is 1.51. The van der Waals surface area contributed by atoms with Crippen molar-refractivity contribution in [2.45, 2.75) is 6.92 Å². The van der Waals surface area contributed by atoms with Crippen LogP contribution in [-0.2, 0) is 0 Å². The fourth-order valence-electron chi connectivity index (χ4n) is 3.00. The molecule has 6 nitrogen and oxygen atoms in total. The largest absolute Gasteiger partial charge is 0.497 e. The molecular formula is C21H17ClN4O2. The Balaban J connectivity index is 1.91. The molecule has 0 aliphatic carbocycles. The molecule has 0 saturated carbocycles. The third kappa shape index (κ3) is 3.30. The van der Waals surface area contributed by atoms with Gasteiger partial charge in [0.05, 0.1) is 24.7 Å². The molecule has 0 atom stereocenters. The zero-order chi connectivity index (χ0) is 19.7. The van der Waals surface area contributed by atoms with Crippen molar-refractivity contribution in [3.05, 3.63) is 88.1 Å². The molecule has 0 aliphatic rings. The number of methoxy groups -OCH3 is 1. The van der Waals surface area contributed by atoms with E-state index in [0.717, 1.165) is 22.7 Å². The highest BCUT2D eigenvalue weighted by atomic mass is 35.5. The first-order chi connectivity index (χ1) is 13.6. The fraction of sp³-hybridized carbons (Fsp3) is 0.0952. The molecule has 0 bridgehead atoms. The van der Waals surface area contributed by atoms with Crippen LogP contribution in [0.1, 0.15) is 5.69 Å². The Morgan fingerprint density at radius 1 is 1.04 bits per heavy atom. The number of hydrogen-bond acceptors (Lipinski definition) is 4. The van der Waals surface area contributed by atoms with Gasteiger partial charge in [0.15, 0.2) is 0 Å². The van der Waals surface area contributed by atoms with E-state index in [1.54, 1.807) is 7.11 Å². The van der Waals surface area contributed by atoms with Gasteiger partial charge in [0.25, 0.3) is 5.56 Å². The highest BCUT2D eigenvalue weighted by molar-refractivity contribution is 6.29. The van der Waals surface area contributed by atoms with Crippen molar-refractivity contribution >= 4 is 11.6 Å². The lowest BCUT2D eigenvalue weighted by atomic mass is 10.1. The number of nitrogens with zero attached hydrogens (tertiary/aromatic N) is 4. The highest BCUT2D eigenvalue weighted by Gasteiger charge is 2.17. The Kier molecular flexibility index (Phi) is 4.71. The first-order valence-electron chi connectivity index (χ1n) is 8.63. The molecule has 2 aromatic heterocycles. The van der Waals surface area contributed by atoms with Crippen LogP contribution in [0.5, 0.6) is 5.75 Å². The summed E-state index contributed by atoms with van der Waals surface area (Å²) in [6, 6.07) is 18.7. The molecular weight excluding hydrogens is 376 g/mol. The summed E-state index contributed by atoms with van der Waals surface area (Å²) >= 11 is 6.24. The van der Waals surface area contributed by atoms with Gasteiger partial charge in [-0.3, -0.25) is 9.36 Å². The van der Waals surface area contributed by atoms with Crippen LogP contribution in [-0.4, -0.2) is 26.4 Å². The van der Waals surface area contributed by atoms with Crippen LogP contribution in [0.3, 0.4) is 0 Å². The number of halogens is 1. The van der Waals surface area contributed by atoms with Gasteiger partial charge in [-0.15, -0.1) is 0 Å². The molecule has 0 radical (unpaired) electrons. The van der Waals surface area contributed by atoms with Crippen molar-refractivity contribution in [2.75, 3.05) is 7.11 Å². The number of para-hydroxylation sites is 1. The number of benzene rings is 2. The summed E-state index contributed by atoms with van der Waals surface area (Å²) in [5.74, 6) is 0.883. The predicted octanol–water partition coefficient (Wildman–Crippen LogP) is 4.06. The van der Waals surface area contributed by atoms with Gasteiger partial charge in [0.1, 0.15) is 10.9 Å². The molecule has 0 spiro atoms. The summed E-state index contributed by atoms with van der Waals surface area (Å²) in [5, 5.41) is 4.69. The maximum absolute atomic E-state index is 13.2. The summed E-state index contributed by atoms with van der Waals surface area (Å²) in [7, 11) is 1.62. The lowest BCUT2D eigenvalue weighted by molar-refractivity contribution is 0.415. The quantitative estimate of drug-likeness (QED) is 0.525. The fourth-order valence-corrected chi connectivity index (χ4v) is 3.18. The molecule has 0 saturated heterocycles. The van der Waals surface area contributed by atoms with Crippen LogP contribution in [0.4, 0.5) is 0 Å². The predicted molar refractivity (Wildman–Crippen MR) is 109 cm³/mol. The zero-order valence-electron chi connectivity index (χ0n) is 15.3. The second-order valence-corrected chi connectivity index (χ2v) is 6.60. The third-order valence-corrected chi connectivity index (χ3v) is 4.49. The molecule has 0 amide bonds. The van der Waals surface area contributed by atoms with Gasteiger partial charge in [0.2, 0.25) is 5.82 Å². The second-order valence-electron chi connectivity index (χ2n) is 6.21. The van der Waals surface area contributed by atoms with Gasteiger partial charge < -0.3 is 4.74 Å². The number of ether oxygens (including phenoxy) is 1. The number of aryl methyl sites for hydroxylation is 1. The monoisotopic (exact) mass is 392 g/mol. The van der Waals surface area contributed by atoms with Gasteiger partial charge in [-0.2, -0.15) is 5.10 Å². The molecule has 2 heterocycles. The van der Waals surface area contributed by atoms with Crippen molar-refractivity contribution in [3.8, 4) is 28.5 Å². The van der Waals surface area contributed by atoms with Crippen LogP contribution in [0.2, 0.25) is 5.15 Å². The van der Waals surface area contributed by atoms with Gasteiger partial charge in [-0.25, -0.2) is 9.67 Å². The Labute approximate surface area is 166 Å². The average Bonchev–Trinajstić information content (AvgIpc) is 3.11. The highest BCUT2D eigenvalue weighted by Crippen LogP contribution is 2.25. The lowest BCUT2D eigenvalue weighted by Crippen LogP contribution is -2.25. The molecule has 7 heteroatoms. The molecule has 28 heavy (non-hydrogen) atoms. The molecule has 4 aromatic rings. The minimum atomic E-state index is -0.312. The summed E-state index contributed by atoms with van der Waals surface area (Å²) in [5.41, 5.74) is 2.78. The zero-order valence-corrected chi connectivity index (χ0v) is 16.1. The van der Waals surface area contributed by atoms with E-state index in [1.165, 1.54) is 15.4 Å². The van der Waals surface area contributed by atoms with E-state index < -0.39 is 0 Å². The van der Waals surface area contributed by atoms with Crippen LogP contribution in [0.25, 0.3) is 22.8 Å². The summed E-state index contributed by atoms with van der Waals surface area (Å²) in [4.78, 5) is 17.4. The van der Waals surface area contributed by atoms with Crippen molar-refractivity contribution in [1.82, 2.24) is 19.3 Å². The van der Waals surface area contributed by atoms with Crippen LogP contribution < -0.4 is 10.3 Å². The lowest BCUT2D eigenvalue weighted by Gasteiger charge is -2.11. The van der Waals surface area contributed by atoms with Crippen LogP contribution in [0.15, 0.2) is 71.7 Å². The topological polar surface area (TPSA) is 61.9 Å². The van der Waals surface area contributed by atoms with E-state index in [4.69, 9.17) is 16.3 Å². The van der Waals surface area contributed by atoms with E-state index in [-0.39, 0.29) is 16.5 Å². The number of aromatic nitrogens is 4. The van der Waals surface area contributed by atoms with Crippen molar-refractivity contribution in [1.29, 1.82) is 0 Å². The first kappa shape index (κ1) is 18.0. The van der Waals surface area contributed by atoms with Crippen LogP contribution >= 0.6 is 11.6 Å². The normalized spacial score (nSPS) is 10.8. The average molecular weight is 393 g/mol. The maximum atomic E-state index is 13.2. The molecule has 2 aromatic carbocycles. The van der Waals surface area contributed by atoms with Crippen molar-refractivity contribution < 1.29 is 4.74 Å². The molecule has 0 N–H and O–H groups in total.